The number of nitrogens with zero attached hydrogens (tertiary/aromatic N) is 1. The van der Waals surface area contributed by atoms with E-state index in [0.717, 1.165) is 6.54 Å². The van der Waals surface area contributed by atoms with Crippen LogP contribution in [0.15, 0.2) is 24.3 Å². The number of benzene rings is 1. The zero-order valence-corrected chi connectivity index (χ0v) is 12.8. The summed E-state index contributed by atoms with van der Waals surface area (Å²) < 4.78 is 5.45. The smallest absolute Gasteiger partial charge is 0.410 e. The summed E-state index contributed by atoms with van der Waals surface area (Å²) in [6.07, 6.45) is -0.224. The Kier molecular flexibility index (Phi) is 4.33. The average molecular weight is 276 g/mol. The predicted molar refractivity (Wildman–Crippen MR) is 79.7 cm³/mol. The molecule has 4 nitrogen and oxygen atoms in total. The summed E-state index contributed by atoms with van der Waals surface area (Å²) in [7, 11) is 0. The lowest BCUT2D eigenvalue weighted by molar-refractivity contribution is 0.0195. The second kappa shape index (κ2) is 5.83. The van der Waals surface area contributed by atoms with Crippen LogP contribution in [-0.2, 0) is 4.74 Å². The van der Waals surface area contributed by atoms with Crippen LogP contribution in [0.1, 0.15) is 37.9 Å². The van der Waals surface area contributed by atoms with Gasteiger partial charge in [0, 0.05) is 19.6 Å². The van der Waals surface area contributed by atoms with Gasteiger partial charge in [-0.1, -0.05) is 24.3 Å². The van der Waals surface area contributed by atoms with Crippen LogP contribution in [0.5, 0.6) is 0 Å². The molecule has 0 radical (unpaired) electrons. The van der Waals surface area contributed by atoms with Crippen molar-refractivity contribution in [2.75, 3.05) is 19.6 Å². The Morgan fingerprint density at radius 2 is 2.05 bits per heavy atom. The standard InChI is InChI=1S/C16H24N2O2/c1-12-7-5-6-8-13(12)14-11-18(10-9-17-14)15(19)20-16(2,3)4/h5-8,14,17H,9-11H2,1-4H3/t14-/m0/s1. The van der Waals surface area contributed by atoms with Crippen molar-refractivity contribution in [2.24, 2.45) is 0 Å². The van der Waals surface area contributed by atoms with E-state index in [9.17, 15) is 4.79 Å². The van der Waals surface area contributed by atoms with E-state index in [0.29, 0.717) is 13.1 Å². The van der Waals surface area contributed by atoms with Crippen molar-refractivity contribution in [3.63, 3.8) is 0 Å². The molecule has 1 heterocycles. The van der Waals surface area contributed by atoms with E-state index in [1.807, 2.05) is 32.9 Å². The molecule has 1 aromatic carbocycles. The van der Waals surface area contributed by atoms with Crippen LogP contribution < -0.4 is 5.32 Å². The molecule has 0 bridgehead atoms. The Morgan fingerprint density at radius 3 is 2.70 bits per heavy atom. The van der Waals surface area contributed by atoms with Crippen LogP contribution in [0, 0.1) is 6.92 Å². The number of aryl methyl sites for hydroxylation is 1. The molecule has 1 aliphatic rings. The van der Waals surface area contributed by atoms with Crippen LogP contribution in [0.3, 0.4) is 0 Å². The largest absolute Gasteiger partial charge is 0.444 e. The van der Waals surface area contributed by atoms with E-state index in [1.165, 1.54) is 11.1 Å². The molecule has 0 aliphatic carbocycles. The lowest BCUT2D eigenvalue weighted by Crippen LogP contribution is -2.49. The summed E-state index contributed by atoms with van der Waals surface area (Å²) in [4.78, 5) is 13.9. The van der Waals surface area contributed by atoms with Crippen molar-refractivity contribution < 1.29 is 9.53 Å². The number of amides is 1. The molecule has 1 N–H and O–H groups in total. The normalized spacial score (nSPS) is 19.8. The van der Waals surface area contributed by atoms with Crippen LogP contribution >= 0.6 is 0 Å². The predicted octanol–water partition coefficient (Wildman–Crippen LogP) is 2.88. The van der Waals surface area contributed by atoms with E-state index in [1.54, 1.807) is 4.90 Å². The maximum atomic E-state index is 12.2. The molecular formula is C16H24N2O2. The van der Waals surface area contributed by atoms with Gasteiger partial charge in [-0.2, -0.15) is 0 Å². The van der Waals surface area contributed by atoms with Gasteiger partial charge in [0.2, 0.25) is 0 Å². The minimum atomic E-state index is -0.444. The van der Waals surface area contributed by atoms with Crippen LogP contribution in [0.4, 0.5) is 4.79 Å². The van der Waals surface area contributed by atoms with Crippen molar-refractivity contribution in [2.45, 2.75) is 39.3 Å². The number of carbonyl (C=O) groups is 1. The highest BCUT2D eigenvalue weighted by molar-refractivity contribution is 5.68. The first-order valence-corrected chi connectivity index (χ1v) is 7.13. The number of nitrogens with one attached hydrogen (secondary N) is 1. The van der Waals surface area contributed by atoms with Gasteiger partial charge in [0.15, 0.2) is 0 Å². The molecule has 0 unspecified atom stereocenters. The summed E-state index contributed by atoms with van der Waals surface area (Å²) >= 11 is 0. The number of hydrogen-bond acceptors (Lipinski definition) is 3. The van der Waals surface area contributed by atoms with Crippen LogP contribution in [0.2, 0.25) is 0 Å². The van der Waals surface area contributed by atoms with Crippen LogP contribution in [0.25, 0.3) is 0 Å². The number of hydrogen-bond donors (Lipinski definition) is 1. The Labute approximate surface area is 121 Å². The van der Waals surface area contributed by atoms with E-state index in [-0.39, 0.29) is 12.1 Å². The van der Waals surface area contributed by atoms with Crippen molar-refractivity contribution in [3.05, 3.63) is 35.4 Å². The minimum Gasteiger partial charge on any atom is -0.444 e. The summed E-state index contributed by atoms with van der Waals surface area (Å²) in [6, 6.07) is 8.47. The van der Waals surface area contributed by atoms with Gasteiger partial charge in [-0.25, -0.2) is 4.79 Å². The summed E-state index contributed by atoms with van der Waals surface area (Å²) in [5.74, 6) is 0. The molecule has 1 fully saturated rings. The number of carbonyl (C=O) groups excluding carboxylic acids is 1. The fourth-order valence-electron chi connectivity index (χ4n) is 2.43. The summed E-state index contributed by atoms with van der Waals surface area (Å²) in [5.41, 5.74) is 2.05. The summed E-state index contributed by atoms with van der Waals surface area (Å²) in [5, 5.41) is 3.47. The lowest BCUT2D eigenvalue weighted by Gasteiger charge is -2.35. The number of rotatable bonds is 1. The molecule has 0 spiro atoms. The van der Waals surface area contributed by atoms with Gasteiger partial charge in [-0.05, 0) is 38.8 Å². The number of piperazine rings is 1. The second-order valence-corrected chi connectivity index (χ2v) is 6.29. The first-order valence-electron chi connectivity index (χ1n) is 7.13. The Balaban J connectivity index is 2.06. The quantitative estimate of drug-likeness (QED) is 0.857. The molecule has 1 amide bonds. The molecule has 1 saturated heterocycles. The second-order valence-electron chi connectivity index (χ2n) is 6.29. The maximum absolute atomic E-state index is 12.2. The van der Waals surface area contributed by atoms with Crippen molar-refractivity contribution in [3.8, 4) is 0 Å². The monoisotopic (exact) mass is 276 g/mol. The first-order chi connectivity index (χ1) is 9.37. The minimum absolute atomic E-state index is 0.178. The van der Waals surface area contributed by atoms with E-state index in [4.69, 9.17) is 4.74 Å². The van der Waals surface area contributed by atoms with Crippen molar-refractivity contribution in [1.29, 1.82) is 0 Å². The van der Waals surface area contributed by atoms with Gasteiger partial charge in [-0.3, -0.25) is 0 Å². The van der Waals surface area contributed by atoms with E-state index < -0.39 is 5.60 Å². The number of ether oxygens (including phenoxy) is 1. The van der Waals surface area contributed by atoms with E-state index >= 15 is 0 Å². The molecule has 4 heteroatoms. The molecule has 0 aromatic heterocycles. The lowest BCUT2D eigenvalue weighted by atomic mass is 10.00. The SMILES string of the molecule is Cc1ccccc1[C@@H]1CN(C(=O)OC(C)(C)C)CCN1. The molecule has 110 valence electrons. The zero-order chi connectivity index (χ0) is 14.8. The fourth-order valence-corrected chi connectivity index (χ4v) is 2.43. The molecule has 1 aliphatic heterocycles. The highest BCUT2D eigenvalue weighted by Crippen LogP contribution is 2.21. The zero-order valence-electron chi connectivity index (χ0n) is 12.8. The topological polar surface area (TPSA) is 41.6 Å². The van der Waals surface area contributed by atoms with Crippen molar-refractivity contribution in [1.82, 2.24) is 10.2 Å². The molecule has 0 saturated carbocycles. The molecular weight excluding hydrogens is 252 g/mol. The Hall–Kier alpha value is -1.55. The van der Waals surface area contributed by atoms with Gasteiger partial charge in [0.1, 0.15) is 5.60 Å². The Bertz CT molecular complexity index is 480. The molecule has 2 rings (SSSR count). The van der Waals surface area contributed by atoms with Gasteiger partial charge in [-0.15, -0.1) is 0 Å². The maximum Gasteiger partial charge on any atom is 0.410 e. The van der Waals surface area contributed by atoms with E-state index in [2.05, 4.69) is 24.4 Å². The Morgan fingerprint density at radius 1 is 1.35 bits per heavy atom. The van der Waals surface area contributed by atoms with Gasteiger partial charge < -0.3 is 15.0 Å². The van der Waals surface area contributed by atoms with Gasteiger partial charge in [0.05, 0.1) is 6.04 Å². The highest BCUT2D eigenvalue weighted by atomic mass is 16.6. The van der Waals surface area contributed by atoms with Crippen LogP contribution in [-0.4, -0.2) is 36.2 Å². The molecule has 1 atom stereocenters. The molecule has 20 heavy (non-hydrogen) atoms. The third kappa shape index (κ3) is 3.73. The summed E-state index contributed by atoms with van der Waals surface area (Å²) in [6.45, 7) is 9.92. The third-order valence-corrected chi connectivity index (χ3v) is 3.39. The van der Waals surface area contributed by atoms with Crippen molar-refractivity contribution >= 4 is 6.09 Å². The molecule has 1 aromatic rings. The third-order valence-electron chi connectivity index (χ3n) is 3.39. The first kappa shape index (κ1) is 14.9. The van der Waals surface area contributed by atoms with Gasteiger partial charge >= 0.3 is 6.09 Å². The fraction of sp³-hybridized carbons (Fsp3) is 0.562. The van der Waals surface area contributed by atoms with Gasteiger partial charge in [0.25, 0.3) is 0 Å². The average Bonchev–Trinajstić information content (AvgIpc) is 2.37. The highest BCUT2D eigenvalue weighted by Gasteiger charge is 2.28.